The Labute approximate surface area is 98.0 Å². The number of hydrogen-bond donors (Lipinski definition) is 2. The van der Waals surface area contributed by atoms with Crippen molar-refractivity contribution in [2.75, 3.05) is 11.9 Å². The van der Waals surface area contributed by atoms with Gasteiger partial charge in [0.25, 0.3) is 0 Å². The number of nitrogens with zero attached hydrogens (tertiary/aromatic N) is 1. The van der Waals surface area contributed by atoms with Gasteiger partial charge in [-0.2, -0.15) is 13.2 Å². The molecule has 1 heterocycles. The van der Waals surface area contributed by atoms with Gasteiger partial charge in [0.1, 0.15) is 0 Å². The average Bonchev–Trinajstić information content (AvgIpc) is 2.58. The van der Waals surface area contributed by atoms with Gasteiger partial charge in [0.05, 0.1) is 12.2 Å². The fraction of sp³-hybridized carbons (Fsp3) is 0.375. The second-order valence-corrected chi connectivity index (χ2v) is 3.88. The number of aromatic nitrogens is 1. The van der Waals surface area contributed by atoms with Crippen molar-refractivity contribution in [1.82, 2.24) is 10.3 Å². The van der Waals surface area contributed by atoms with E-state index in [1.54, 1.807) is 12.3 Å². The highest BCUT2D eigenvalue weighted by Crippen LogP contribution is 2.15. The lowest BCUT2D eigenvalue weighted by molar-refractivity contribution is -0.173. The molecule has 1 rings (SSSR count). The smallest absolute Gasteiger partial charge is 0.339 e. The second-order valence-electron chi connectivity index (χ2n) is 3.02. The third-order valence-electron chi connectivity index (χ3n) is 1.53. The molecule has 0 bridgehead atoms. The highest BCUT2D eigenvalue weighted by molar-refractivity contribution is 7.13. The number of carbonyl (C=O) groups is 2. The molecule has 0 saturated heterocycles. The standard InChI is InChI=1S/C8H8F3N3O2S/c1-4-3-17-7(13-4)14-5(15)2-12-6(16)8(9,10)11/h3H,2H2,1H3,(H,12,16)(H,13,14,15). The minimum Gasteiger partial charge on any atom is -0.339 e. The fourth-order valence-corrected chi connectivity index (χ4v) is 1.54. The van der Waals surface area contributed by atoms with Crippen LogP contribution < -0.4 is 10.6 Å². The van der Waals surface area contributed by atoms with E-state index in [0.717, 1.165) is 11.3 Å². The Kier molecular flexibility index (Phi) is 4.05. The van der Waals surface area contributed by atoms with E-state index in [1.807, 2.05) is 0 Å². The molecule has 2 N–H and O–H groups in total. The normalized spacial score (nSPS) is 11.1. The highest BCUT2D eigenvalue weighted by Gasteiger charge is 2.38. The number of nitrogens with one attached hydrogen (secondary N) is 2. The van der Waals surface area contributed by atoms with E-state index in [1.165, 1.54) is 5.32 Å². The molecule has 0 unspecified atom stereocenters. The van der Waals surface area contributed by atoms with Crippen molar-refractivity contribution in [2.45, 2.75) is 13.1 Å². The Morgan fingerprint density at radius 2 is 2.12 bits per heavy atom. The van der Waals surface area contributed by atoms with Gasteiger partial charge in [-0.3, -0.25) is 9.59 Å². The lowest BCUT2D eigenvalue weighted by Gasteiger charge is -2.07. The SMILES string of the molecule is Cc1csc(NC(=O)CNC(=O)C(F)(F)F)n1. The summed E-state index contributed by atoms with van der Waals surface area (Å²) < 4.78 is 35.3. The largest absolute Gasteiger partial charge is 0.471 e. The molecule has 5 nitrogen and oxygen atoms in total. The van der Waals surface area contributed by atoms with Crippen molar-refractivity contribution < 1.29 is 22.8 Å². The molecule has 0 aliphatic carbocycles. The first-order valence-electron chi connectivity index (χ1n) is 4.36. The average molecular weight is 267 g/mol. The van der Waals surface area contributed by atoms with Crippen LogP contribution in [0.15, 0.2) is 5.38 Å². The number of thiazole rings is 1. The third-order valence-corrected chi connectivity index (χ3v) is 2.41. The van der Waals surface area contributed by atoms with Crippen LogP contribution in [-0.2, 0) is 9.59 Å². The van der Waals surface area contributed by atoms with Gasteiger partial charge >= 0.3 is 12.1 Å². The molecule has 17 heavy (non-hydrogen) atoms. The summed E-state index contributed by atoms with van der Waals surface area (Å²) in [6, 6.07) is 0. The molecular formula is C8H8F3N3O2S. The van der Waals surface area contributed by atoms with E-state index < -0.39 is 24.5 Å². The van der Waals surface area contributed by atoms with Gasteiger partial charge in [0.2, 0.25) is 5.91 Å². The van der Waals surface area contributed by atoms with Crippen LogP contribution in [-0.4, -0.2) is 29.5 Å². The Bertz CT molecular complexity index is 430. The van der Waals surface area contributed by atoms with Crippen LogP contribution in [0.5, 0.6) is 0 Å². The Hall–Kier alpha value is -1.64. The van der Waals surface area contributed by atoms with Crippen LogP contribution in [0.1, 0.15) is 5.69 Å². The number of anilines is 1. The first-order chi connectivity index (χ1) is 7.79. The maximum atomic E-state index is 11.8. The molecule has 1 aromatic heterocycles. The van der Waals surface area contributed by atoms with Gasteiger partial charge in [0, 0.05) is 5.38 Å². The van der Waals surface area contributed by atoms with E-state index in [0.29, 0.717) is 5.69 Å². The highest BCUT2D eigenvalue weighted by atomic mass is 32.1. The van der Waals surface area contributed by atoms with Gasteiger partial charge in [-0.25, -0.2) is 4.98 Å². The first-order valence-corrected chi connectivity index (χ1v) is 5.24. The number of carbonyl (C=O) groups excluding carboxylic acids is 2. The molecule has 0 aliphatic rings. The molecule has 0 saturated carbocycles. The number of aryl methyl sites for hydroxylation is 1. The number of hydrogen-bond acceptors (Lipinski definition) is 4. The zero-order chi connectivity index (χ0) is 13.1. The summed E-state index contributed by atoms with van der Waals surface area (Å²) in [4.78, 5) is 25.4. The van der Waals surface area contributed by atoms with Crippen molar-refractivity contribution in [2.24, 2.45) is 0 Å². The Morgan fingerprint density at radius 3 is 2.59 bits per heavy atom. The molecule has 0 atom stereocenters. The van der Waals surface area contributed by atoms with Crippen molar-refractivity contribution in [3.05, 3.63) is 11.1 Å². The van der Waals surface area contributed by atoms with Crippen molar-refractivity contribution in [3.8, 4) is 0 Å². The van der Waals surface area contributed by atoms with Crippen LogP contribution in [0.25, 0.3) is 0 Å². The van der Waals surface area contributed by atoms with E-state index in [-0.39, 0.29) is 5.13 Å². The summed E-state index contributed by atoms with van der Waals surface area (Å²) in [6.07, 6.45) is -4.99. The molecule has 0 aromatic carbocycles. The Morgan fingerprint density at radius 1 is 1.47 bits per heavy atom. The first kappa shape index (κ1) is 13.4. The Balaban J connectivity index is 2.39. The van der Waals surface area contributed by atoms with Crippen LogP contribution in [0.2, 0.25) is 0 Å². The predicted molar refractivity (Wildman–Crippen MR) is 54.5 cm³/mol. The van der Waals surface area contributed by atoms with Crippen molar-refractivity contribution >= 4 is 28.3 Å². The van der Waals surface area contributed by atoms with Crippen LogP contribution >= 0.6 is 11.3 Å². The summed E-state index contributed by atoms with van der Waals surface area (Å²) in [6.45, 7) is 0.953. The quantitative estimate of drug-likeness (QED) is 0.860. The van der Waals surface area contributed by atoms with Gasteiger partial charge in [0.15, 0.2) is 5.13 Å². The lowest BCUT2D eigenvalue weighted by atomic mass is 10.5. The summed E-state index contributed by atoms with van der Waals surface area (Å²) in [7, 11) is 0. The molecule has 0 radical (unpaired) electrons. The number of rotatable bonds is 3. The van der Waals surface area contributed by atoms with Crippen LogP contribution in [0.4, 0.5) is 18.3 Å². The zero-order valence-corrected chi connectivity index (χ0v) is 9.41. The number of halogens is 3. The van der Waals surface area contributed by atoms with Crippen LogP contribution in [0, 0.1) is 6.92 Å². The number of amides is 2. The molecule has 2 amide bonds. The summed E-state index contributed by atoms with van der Waals surface area (Å²) >= 11 is 1.14. The summed E-state index contributed by atoms with van der Waals surface area (Å²) in [5, 5.41) is 5.65. The topological polar surface area (TPSA) is 71.1 Å². The molecule has 9 heteroatoms. The fourth-order valence-electron chi connectivity index (χ4n) is 0.836. The second kappa shape index (κ2) is 5.13. The maximum Gasteiger partial charge on any atom is 0.471 e. The molecule has 0 aliphatic heterocycles. The van der Waals surface area contributed by atoms with E-state index in [9.17, 15) is 22.8 Å². The summed E-state index contributed by atoms with van der Waals surface area (Å²) in [5.74, 6) is -2.92. The van der Waals surface area contributed by atoms with Crippen molar-refractivity contribution in [3.63, 3.8) is 0 Å². The molecule has 0 fully saturated rings. The van der Waals surface area contributed by atoms with E-state index >= 15 is 0 Å². The lowest BCUT2D eigenvalue weighted by Crippen LogP contribution is -2.41. The van der Waals surface area contributed by atoms with Gasteiger partial charge in [-0.1, -0.05) is 0 Å². The number of alkyl halides is 3. The summed E-state index contributed by atoms with van der Waals surface area (Å²) in [5.41, 5.74) is 0.685. The molecule has 94 valence electrons. The minimum atomic E-state index is -4.99. The maximum absolute atomic E-state index is 11.8. The van der Waals surface area contributed by atoms with E-state index in [4.69, 9.17) is 0 Å². The monoisotopic (exact) mass is 267 g/mol. The molecule has 0 spiro atoms. The van der Waals surface area contributed by atoms with Gasteiger partial charge in [-0.15, -0.1) is 11.3 Å². The van der Waals surface area contributed by atoms with Crippen molar-refractivity contribution in [1.29, 1.82) is 0 Å². The molecule has 1 aromatic rings. The third kappa shape index (κ3) is 4.39. The van der Waals surface area contributed by atoms with Gasteiger partial charge in [-0.05, 0) is 6.92 Å². The van der Waals surface area contributed by atoms with Gasteiger partial charge < -0.3 is 10.6 Å². The molecular weight excluding hydrogens is 259 g/mol. The van der Waals surface area contributed by atoms with Crippen LogP contribution in [0.3, 0.4) is 0 Å². The van der Waals surface area contributed by atoms with E-state index in [2.05, 4.69) is 10.3 Å². The zero-order valence-electron chi connectivity index (χ0n) is 8.59. The predicted octanol–water partition coefficient (Wildman–Crippen LogP) is 1.07. The minimum absolute atomic E-state index is 0.272.